The van der Waals surface area contributed by atoms with Gasteiger partial charge in [-0.2, -0.15) is 0 Å². The van der Waals surface area contributed by atoms with Gasteiger partial charge >= 0.3 is 0 Å². The SMILES string of the molecule is CCCCCc1cc(OC2CCN(CCCCNS(=O)(=O)CC)CC2)c2ncccc2c1. The number of unbranched alkanes of at least 4 members (excludes halogenated alkanes) is 3. The Hall–Kier alpha value is -1.70. The molecule has 3 rings (SSSR count). The first-order chi connectivity index (χ1) is 15.5. The minimum absolute atomic E-state index is 0.146. The van der Waals surface area contributed by atoms with Crippen molar-refractivity contribution in [1.82, 2.24) is 14.6 Å². The number of rotatable bonds is 13. The molecule has 0 unspecified atom stereocenters. The average Bonchev–Trinajstić information content (AvgIpc) is 2.80. The number of ether oxygens (including phenoxy) is 1. The van der Waals surface area contributed by atoms with Crippen LogP contribution < -0.4 is 9.46 Å². The molecule has 0 spiro atoms. The topological polar surface area (TPSA) is 71.5 Å². The highest BCUT2D eigenvalue weighted by atomic mass is 32.2. The van der Waals surface area contributed by atoms with Crippen LogP contribution in [-0.2, 0) is 16.4 Å². The Labute approximate surface area is 193 Å². The zero-order valence-electron chi connectivity index (χ0n) is 19.7. The molecule has 1 aromatic carbocycles. The monoisotopic (exact) mass is 461 g/mol. The number of nitrogens with zero attached hydrogens (tertiary/aromatic N) is 2. The van der Waals surface area contributed by atoms with Gasteiger partial charge in [0, 0.05) is 31.2 Å². The Bertz CT molecular complexity index is 941. The van der Waals surface area contributed by atoms with E-state index in [1.165, 1.54) is 24.8 Å². The lowest BCUT2D eigenvalue weighted by molar-refractivity contribution is 0.101. The largest absolute Gasteiger partial charge is 0.488 e. The predicted molar refractivity (Wildman–Crippen MR) is 132 cm³/mol. The average molecular weight is 462 g/mol. The summed E-state index contributed by atoms with van der Waals surface area (Å²) < 4.78 is 32.1. The second-order valence-electron chi connectivity index (χ2n) is 8.79. The molecule has 6 nitrogen and oxygen atoms in total. The number of piperidine rings is 1. The summed E-state index contributed by atoms with van der Waals surface area (Å²) in [4.78, 5) is 7.06. The van der Waals surface area contributed by atoms with E-state index in [-0.39, 0.29) is 11.9 Å². The lowest BCUT2D eigenvalue weighted by atomic mass is 10.0. The van der Waals surface area contributed by atoms with Gasteiger partial charge in [-0.3, -0.25) is 4.98 Å². The van der Waals surface area contributed by atoms with Gasteiger partial charge in [-0.15, -0.1) is 0 Å². The lowest BCUT2D eigenvalue weighted by Gasteiger charge is -2.32. The smallest absolute Gasteiger partial charge is 0.211 e. The number of benzene rings is 1. The van der Waals surface area contributed by atoms with Crippen LogP contribution in [0.5, 0.6) is 5.75 Å². The fourth-order valence-corrected chi connectivity index (χ4v) is 4.91. The van der Waals surface area contributed by atoms with Crippen LogP contribution in [-0.4, -0.2) is 56.3 Å². The Balaban J connectivity index is 1.48. The lowest BCUT2D eigenvalue weighted by Crippen LogP contribution is -2.39. The standard InChI is InChI=1S/C25H39N3O3S/c1-3-5-6-10-21-19-22-11-9-14-26-25(22)24(20-21)31-23-12-17-28(18-13-23)16-8-7-15-27-32(29,30)4-2/h9,11,14,19-20,23,27H,3-8,10,12-13,15-18H2,1-2H3. The first-order valence-corrected chi connectivity index (χ1v) is 13.9. The molecule has 1 aromatic heterocycles. The highest BCUT2D eigenvalue weighted by Crippen LogP contribution is 2.29. The summed E-state index contributed by atoms with van der Waals surface area (Å²) in [6, 6.07) is 8.58. The molecular formula is C25H39N3O3S. The molecule has 1 fully saturated rings. The first-order valence-electron chi connectivity index (χ1n) is 12.2. The number of likely N-dealkylation sites (tertiary alicyclic amines) is 1. The summed E-state index contributed by atoms with van der Waals surface area (Å²) in [5, 5.41) is 1.16. The van der Waals surface area contributed by atoms with Crippen LogP contribution in [0.1, 0.15) is 64.4 Å². The molecular weight excluding hydrogens is 422 g/mol. The number of aromatic nitrogens is 1. The molecule has 1 saturated heterocycles. The number of sulfonamides is 1. The van der Waals surface area contributed by atoms with Crippen molar-refractivity contribution in [2.45, 2.75) is 71.3 Å². The number of hydrogen-bond donors (Lipinski definition) is 1. The molecule has 0 saturated carbocycles. The van der Waals surface area contributed by atoms with Crippen LogP contribution in [0.25, 0.3) is 10.9 Å². The fourth-order valence-electron chi connectivity index (χ4n) is 4.25. The van der Waals surface area contributed by atoms with Crippen LogP contribution in [0.3, 0.4) is 0 Å². The maximum atomic E-state index is 11.5. The molecule has 0 atom stereocenters. The Kier molecular flexibility index (Phi) is 9.75. The molecule has 0 bridgehead atoms. The number of aryl methyl sites for hydroxylation is 1. The minimum Gasteiger partial charge on any atom is -0.488 e. The van der Waals surface area contributed by atoms with E-state index in [1.54, 1.807) is 6.92 Å². The van der Waals surface area contributed by atoms with Crippen LogP contribution in [0.4, 0.5) is 0 Å². The molecule has 7 heteroatoms. The quantitative estimate of drug-likeness (QED) is 0.444. The van der Waals surface area contributed by atoms with Gasteiger partial charge in [-0.1, -0.05) is 25.8 Å². The van der Waals surface area contributed by atoms with E-state index in [0.717, 1.165) is 68.4 Å². The summed E-state index contributed by atoms with van der Waals surface area (Å²) in [6.45, 7) is 7.48. The molecule has 2 aromatic rings. The Morgan fingerprint density at radius 3 is 2.69 bits per heavy atom. The van der Waals surface area contributed by atoms with Gasteiger partial charge in [-0.25, -0.2) is 13.1 Å². The maximum Gasteiger partial charge on any atom is 0.211 e. The second-order valence-corrected chi connectivity index (χ2v) is 10.9. The Morgan fingerprint density at radius 1 is 1.12 bits per heavy atom. The highest BCUT2D eigenvalue weighted by molar-refractivity contribution is 7.89. The second kappa shape index (κ2) is 12.5. The van der Waals surface area contributed by atoms with Crippen LogP contribution in [0, 0.1) is 0 Å². The molecule has 32 heavy (non-hydrogen) atoms. The highest BCUT2D eigenvalue weighted by Gasteiger charge is 2.21. The number of pyridine rings is 1. The van der Waals surface area contributed by atoms with Crippen LogP contribution in [0.2, 0.25) is 0 Å². The molecule has 1 aliphatic heterocycles. The van der Waals surface area contributed by atoms with Gasteiger partial charge in [-0.05, 0) is 75.8 Å². The molecule has 1 N–H and O–H groups in total. The van der Waals surface area contributed by atoms with E-state index < -0.39 is 10.0 Å². The van der Waals surface area contributed by atoms with Crippen molar-refractivity contribution in [3.63, 3.8) is 0 Å². The summed E-state index contributed by atoms with van der Waals surface area (Å²) in [7, 11) is -3.07. The molecule has 0 amide bonds. The predicted octanol–water partition coefficient (Wildman–Crippen LogP) is 4.53. The van der Waals surface area contributed by atoms with Crippen molar-refractivity contribution in [1.29, 1.82) is 0 Å². The van der Waals surface area contributed by atoms with Crippen LogP contribution >= 0.6 is 0 Å². The van der Waals surface area contributed by atoms with Gasteiger partial charge in [0.05, 0.1) is 5.75 Å². The third kappa shape index (κ3) is 7.71. The summed E-state index contributed by atoms with van der Waals surface area (Å²) >= 11 is 0. The molecule has 178 valence electrons. The van der Waals surface area contributed by atoms with E-state index in [1.807, 2.05) is 12.3 Å². The molecule has 0 aliphatic carbocycles. The summed E-state index contributed by atoms with van der Waals surface area (Å²) in [6.07, 6.45) is 10.7. The van der Waals surface area contributed by atoms with Gasteiger partial charge in [0.2, 0.25) is 10.0 Å². The van der Waals surface area contributed by atoms with E-state index in [9.17, 15) is 8.42 Å². The van der Waals surface area contributed by atoms with E-state index in [0.29, 0.717) is 6.54 Å². The fraction of sp³-hybridized carbons (Fsp3) is 0.640. The van der Waals surface area contributed by atoms with Gasteiger partial charge in [0.1, 0.15) is 17.4 Å². The van der Waals surface area contributed by atoms with E-state index in [2.05, 4.69) is 39.7 Å². The van der Waals surface area contributed by atoms with Crippen molar-refractivity contribution < 1.29 is 13.2 Å². The zero-order valence-corrected chi connectivity index (χ0v) is 20.5. The van der Waals surface area contributed by atoms with Gasteiger partial charge in [0.15, 0.2) is 0 Å². The number of fused-ring (bicyclic) bond motifs is 1. The first kappa shape index (κ1) is 24.9. The van der Waals surface area contributed by atoms with Crippen molar-refractivity contribution in [3.8, 4) is 5.75 Å². The third-order valence-electron chi connectivity index (χ3n) is 6.23. The Morgan fingerprint density at radius 2 is 1.94 bits per heavy atom. The van der Waals surface area contributed by atoms with Crippen LogP contribution in [0.15, 0.2) is 30.5 Å². The van der Waals surface area contributed by atoms with Crippen molar-refractivity contribution >= 4 is 20.9 Å². The zero-order chi connectivity index (χ0) is 22.8. The van der Waals surface area contributed by atoms with Crippen molar-refractivity contribution in [3.05, 3.63) is 36.0 Å². The summed E-state index contributed by atoms with van der Waals surface area (Å²) in [5.41, 5.74) is 2.30. The molecule has 0 radical (unpaired) electrons. The molecule has 1 aliphatic rings. The van der Waals surface area contributed by atoms with Crippen molar-refractivity contribution in [2.75, 3.05) is 31.9 Å². The van der Waals surface area contributed by atoms with Gasteiger partial charge < -0.3 is 9.64 Å². The molecule has 2 heterocycles. The maximum absolute atomic E-state index is 11.5. The number of hydrogen-bond acceptors (Lipinski definition) is 5. The summed E-state index contributed by atoms with van der Waals surface area (Å²) in [5.74, 6) is 1.07. The number of nitrogens with one attached hydrogen (secondary N) is 1. The van der Waals surface area contributed by atoms with Gasteiger partial charge in [0.25, 0.3) is 0 Å². The third-order valence-corrected chi connectivity index (χ3v) is 7.63. The normalized spacial score (nSPS) is 15.9. The minimum atomic E-state index is -3.07. The van der Waals surface area contributed by atoms with Crippen molar-refractivity contribution in [2.24, 2.45) is 0 Å². The van der Waals surface area contributed by atoms with E-state index >= 15 is 0 Å². The van der Waals surface area contributed by atoms with E-state index in [4.69, 9.17) is 4.74 Å².